The first-order valence-electron chi connectivity index (χ1n) is 6.84. The van der Waals surface area contributed by atoms with Crippen molar-refractivity contribution in [3.63, 3.8) is 0 Å². The molecular formula is C14H19BrN2O5S. The summed E-state index contributed by atoms with van der Waals surface area (Å²) >= 11 is 3.16. The first-order valence-corrected chi connectivity index (χ1v) is 9.12. The molecule has 1 aromatic carbocycles. The van der Waals surface area contributed by atoms with Gasteiger partial charge in [0.25, 0.3) is 5.91 Å². The third-order valence-corrected chi connectivity index (χ3v) is 4.88. The van der Waals surface area contributed by atoms with Crippen molar-refractivity contribution in [2.24, 2.45) is 5.92 Å². The van der Waals surface area contributed by atoms with Crippen LogP contribution in [0.25, 0.3) is 0 Å². The second kappa shape index (κ2) is 8.42. The second-order valence-corrected chi connectivity index (χ2v) is 7.86. The van der Waals surface area contributed by atoms with E-state index >= 15 is 0 Å². The molecule has 128 valence electrons. The van der Waals surface area contributed by atoms with E-state index in [2.05, 4.69) is 26.0 Å². The Hall–Kier alpha value is -1.45. The van der Waals surface area contributed by atoms with Crippen molar-refractivity contribution in [1.82, 2.24) is 10.0 Å². The molecule has 0 saturated carbocycles. The summed E-state index contributed by atoms with van der Waals surface area (Å²) in [6.07, 6.45) is 0. The van der Waals surface area contributed by atoms with Gasteiger partial charge in [-0.25, -0.2) is 17.9 Å². The Labute approximate surface area is 144 Å². The zero-order chi connectivity index (χ0) is 17.6. The Morgan fingerprint density at radius 3 is 2.52 bits per heavy atom. The number of carbonyl (C=O) groups is 2. The lowest BCUT2D eigenvalue weighted by Gasteiger charge is -2.10. The number of hydrogen-bond acceptors (Lipinski definition) is 5. The van der Waals surface area contributed by atoms with Crippen LogP contribution in [0.4, 0.5) is 0 Å². The highest BCUT2D eigenvalue weighted by Gasteiger charge is 2.19. The topological polar surface area (TPSA) is 102 Å². The van der Waals surface area contributed by atoms with Gasteiger partial charge in [0.1, 0.15) is 0 Å². The minimum absolute atomic E-state index is 0.0259. The molecule has 1 amide bonds. The van der Waals surface area contributed by atoms with Crippen LogP contribution in [0.3, 0.4) is 0 Å². The first kappa shape index (κ1) is 19.6. The molecule has 7 nitrogen and oxygen atoms in total. The third kappa shape index (κ3) is 5.92. The zero-order valence-electron chi connectivity index (χ0n) is 13.1. The predicted octanol–water partition coefficient (Wildman–Crippen LogP) is 1.29. The highest BCUT2D eigenvalue weighted by Crippen LogP contribution is 2.21. The van der Waals surface area contributed by atoms with Crippen LogP contribution in [0.2, 0.25) is 0 Å². The second-order valence-electron chi connectivity index (χ2n) is 5.12. The van der Waals surface area contributed by atoms with Gasteiger partial charge in [0.15, 0.2) is 6.61 Å². The number of esters is 1. The molecule has 0 radical (unpaired) electrons. The van der Waals surface area contributed by atoms with Crippen LogP contribution in [-0.4, -0.2) is 40.5 Å². The Morgan fingerprint density at radius 2 is 1.96 bits per heavy atom. The number of amides is 1. The standard InChI is InChI=1S/C14H19BrN2O5S/c1-9(2)7-17-13(18)8-22-14(19)11-6-10(4-5-12(11)15)23(20,21)16-3/h4-6,9,16H,7-8H2,1-3H3,(H,17,18). The summed E-state index contributed by atoms with van der Waals surface area (Å²) in [7, 11) is -2.41. The van der Waals surface area contributed by atoms with Crippen molar-refractivity contribution in [3.8, 4) is 0 Å². The van der Waals surface area contributed by atoms with Crippen molar-refractivity contribution in [2.45, 2.75) is 18.7 Å². The van der Waals surface area contributed by atoms with E-state index in [4.69, 9.17) is 4.74 Å². The predicted molar refractivity (Wildman–Crippen MR) is 88.5 cm³/mol. The molecule has 0 bridgehead atoms. The van der Waals surface area contributed by atoms with Gasteiger partial charge in [0.2, 0.25) is 10.0 Å². The van der Waals surface area contributed by atoms with E-state index in [9.17, 15) is 18.0 Å². The van der Waals surface area contributed by atoms with Crippen molar-refractivity contribution < 1.29 is 22.7 Å². The summed E-state index contributed by atoms with van der Waals surface area (Å²) in [5.74, 6) is -0.917. The van der Waals surface area contributed by atoms with Crippen LogP contribution in [-0.2, 0) is 19.6 Å². The lowest BCUT2D eigenvalue weighted by Crippen LogP contribution is -2.31. The molecule has 0 saturated heterocycles. The van der Waals surface area contributed by atoms with Gasteiger partial charge in [0, 0.05) is 11.0 Å². The van der Waals surface area contributed by atoms with Crippen LogP contribution in [0.15, 0.2) is 27.6 Å². The largest absolute Gasteiger partial charge is 0.452 e. The Bertz CT molecular complexity index is 688. The van der Waals surface area contributed by atoms with Crippen molar-refractivity contribution in [3.05, 3.63) is 28.2 Å². The number of hydrogen-bond donors (Lipinski definition) is 2. The highest BCUT2D eigenvalue weighted by atomic mass is 79.9. The number of sulfonamides is 1. The van der Waals surface area contributed by atoms with Crippen LogP contribution in [0.5, 0.6) is 0 Å². The minimum Gasteiger partial charge on any atom is -0.452 e. The fraction of sp³-hybridized carbons (Fsp3) is 0.429. The summed E-state index contributed by atoms with van der Waals surface area (Å²) < 4.78 is 31.0. The quantitative estimate of drug-likeness (QED) is 0.664. The first-order chi connectivity index (χ1) is 10.7. The van der Waals surface area contributed by atoms with Crippen LogP contribution in [0, 0.1) is 5.92 Å². The summed E-state index contributed by atoms with van der Waals surface area (Å²) in [6, 6.07) is 3.96. The van der Waals surface area contributed by atoms with Gasteiger partial charge in [-0.05, 0) is 47.1 Å². The maximum atomic E-state index is 12.0. The number of carbonyl (C=O) groups excluding carboxylic acids is 2. The molecule has 0 spiro atoms. The van der Waals surface area contributed by atoms with E-state index in [1.165, 1.54) is 25.2 Å². The number of nitrogens with one attached hydrogen (secondary N) is 2. The number of rotatable bonds is 7. The van der Waals surface area contributed by atoms with E-state index in [1.807, 2.05) is 13.8 Å². The van der Waals surface area contributed by atoms with Crippen molar-refractivity contribution in [1.29, 1.82) is 0 Å². The fourth-order valence-corrected chi connectivity index (χ4v) is 2.69. The lowest BCUT2D eigenvalue weighted by atomic mass is 10.2. The molecular weight excluding hydrogens is 388 g/mol. The molecule has 1 rings (SSSR count). The molecule has 0 aliphatic heterocycles. The van der Waals surface area contributed by atoms with Crippen LogP contribution in [0.1, 0.15) is 24.2 Å². The van der Waals surface area contributed by atoms with Gasteiger partial charge in [-0.3, -0.25) is 4.79 Å². The molecule has 0 unspecified atom stereocenters. The van der Waals surface area contributed by atoms with E-state index in [0.29, 0.717) is 11.0 Å². The molecule has 0 aliphatic carbocycles. The molecule has 0 aliphatic rings. The fourth-order valence-electron chi connectivity index (χ4n) is 1.52. The van der Waals surface area contributed by atoms with E-state index in [-0.39, 0.29) is 16.4 Å². The average Bonchev–Trinajstić information content (AvgIpc) is 2.50. The molecule has 23 heavy (non-hydrogen) atoms. The lowest BCUT2D eigenvalue weighted by molar-refractivity contribution is -0.124. The summed E-state index contributed by atoms with van der Waals surface area (Å²) in [5.41, 5.74) is 0.0259. The minimum atomic E-state index is -3.68. The van der Waals surface area contributed by atoms with E-state index in [0.717, 1.165) is 0 Å². The van der Waals surface area contributed by atoms with Gasteiger partial charge >= 0.3 is 5.97 Å². The summed E-state index contributed by atoms with van der Waals surface area (Å²) in [6.45, 7) is 3.94. The molecule has 2 N–H and O–H groups in total. The van der Waals surface area contributed by atoms with E-state index < -0.39 is 28.5 Å². The third-order valence-electron chi connectivity index (χ3n) is 2.78. The maximum Gasteiger partial charge on any atom is 0.339 e. The van der Waals surface area contributed by atoms with Crippen LogP contribution < -0.4 is 10.0 Å². The monoisotopic (exact) mass is 406 g/mol. The molecule has 1 aromatic rings. The smallest absolute Gasteiger partial charge is 0.339 e. The van der Waals surface area contributed by atoms with Crippen molar-refractivity contribution in [2.75, 3.05) is 20.2 Å². The van der Waals surface area contributed by atoms with Crippen molar-refractivity contribution >= 4 is 37.8 Å². The number of benzene rings is 1. The SMILES string of the molecule is CNS(=O)(=O)c1ccc(Br)c(C(=O)OCC(=O)NCC(C)C)c1. The zero-order valence-corrected chi connectivity index (χ0v) is 15.5. The highest BCUT2D eigenvalue weighted by molar-refractivity contribution is 9.10. The number of ether oxygens (including phenoxy) is 1. The van der Waals surface area contributed by atoms with Gasteiger partial charge in [-0.1, -0.05) is 13.8 Å². The molecule has 0 fully saturated rings. The molecule has 0 aromatic heterocycles. The summed E-state index contributed by atoms with van der Waals surface area (Å²) in [5, 5.41) is 2.61. The van der Waals surface area contributed by atoms with Gasteiger partial charge in [-0.2, -0.15) is 0 Å². The Kier molecular flexibility index (Phi) is 7.17. The van der Waals surface area contributed by atoms with Gasteiger partial charge in [-0.15, -0.1) is 0 Å². The average molecular weight is 407 g/mol. The summed E-state index contributed by atoms with van der Waals surface area (Å²) in [4.78, 5) is 23.5. The van der Waals surface area contributed by atoms with Crippen LogP contribution >= 0.6 is 15.9 Å². The van der Waals surface area contributed by atoms with Gasteiger partial charge < -0.3 is 10.1 Å². The number of halogens is 1. The molecule has 9 heteroatoms. The molecule has 0 heterocycles. The molecule has 0 atom stereocenters. The Balaban J connectivity index is 2.80. The maximum absolute atomic E-state index is 12.0. The van der Waals surface area contributed by atoms with E-state index in [1.54, 1.807) is 0 Å². The Morgan fingerprint density at radius 1 is 1.30 bits per heavy atom. The van der Waals surface area contributed by atoms with Gasteiger partial charge in [0.05, 0.1) is 10.5 Å². The normalized spacial score (nSPS) is 11.3.